The lowest BCUT2D eigenvalue weighted by atomic mass is 9.77. The Kier molecular flexibility index (Phi) is 5.33. The maximum Gasteiger partial charge on any atom is 0.162 e. The third-order valence-electron chi connectivity index (χ3n) is 4.57. The quantitative estimate of drug-likeness (QED) is 0.601. The van der Waals surface area contributed by atoms with Gasteiger partial charge in [0.15, 0.2) is 11.6 Å². The number of hydrogen-bond donors (Lipinski definition) is 0. The fraction of sp³-hybridized carbons (Fsp3) is 0.556. The van der Waals surface area contributed by atoms with Gasteiger partial charge >= 0.3 is 0 Å². The van der Waals surface area contributed by atoms with Gasteiger partial charge in [-0.3, -0.25) is 0 Å². The highest BCUT2D eigenvalue weighted by atomic mass is 19.2. The Balaban J connectivity index is 1.95. The summed E-state index contributed by atoms with van der Waals surface area (Å²) < 4.78 is 27.7. The lowest BCUT2D eigenvalue weighted by Crippen LogP contribution is -2.15. The minimum Gasteiger partial charge on any atom is -0.203 e. The highest BCUT2D eigenvalue weighted by Crippen LogP contribution is 2.39. The van der Waals surface area contributed by atoms with Crippen LogP contribution in [0.2, 0.25) is 0 Å². The van der Waals surface area contributed by atoms with Crippen molar-refractivity contribution in [1.29, 1.82) is 0 Å². The van der Waals surface area contributed by atoms with Crippen molar-refractivity contribution < 1.29 is 8.78 Å². The molecule has 0 unspecified atom stereocenters. The minimum absolute atomic E-state index is 0.197. The second kappa shape index (κ2) is 7.01. The normalized spacial score (nSPS) is 23.4. The minimum atomic E-state index is -0.669. The first-order valence-corrected chi connectivity index (χ1v) is 7.69. The van der Waals surface area contributed by atoms with E-state index in [0.717, 1.165) is 38.0 Å². The van der Waals surface area contributed by atoms with Crippen molar-refractivity contribution in [2.75, 3.05) is 0 Å². The molecule has 2 rings (SSSR count). The zero-order valence-corrected chi connectivity index (χ0v) is 12.5. The summed E-state index contributed by atoms with van der Waals surface area (Å²) in [5.41, 5.74) is 0.978. The van der Waals surface area contributed by atoms with Crippen LogP contribution in [0.3, 0.4) is 0 Å². The van der Waals surface area contributed by atoms with Crippen LogP contribution >= 0.6 is 0 Å². The van der Waals surface area contributed by atoms with E-state index in [2.05, 4.69) is 12.2 Å². The number of benzene rings is 1. The van der Waals surface area contributed by atoms with Crippen molar-refractivity contribution in [3.05, 3.63) is 47.0 Å². The highest BCUT2D eigenvalue weighted by molar-refractivity contribution is 5.28. The molecule has 0 aliphatic heterocycles. The zero-order valence-electron chi connectivity index (χ0n) is 12.5. The largest absolute Gasteiger partial charge is 0.203 e. The van der Waals surface area contributed by atoms with Crippen molar-refractivity contribution >= 4 is 0 Å². The Labute approximate surface area is 120 Å². The van der Waals surface area contributed by atoms with E-state index in [4.69, 9.17) is 0 Å². The predicted octanol–water partition coefficient (Wildman–Crippen LogP) is 5.90. The molecule has 0 atom stereocenters. The fourth-order valence-corrected chi connectivity index (χ4v) is 3.24. The summed E-state index contributed by atoms with van der Waals surface area (Å²) in [6.07, 6.45) is 10.9. The first-order valence-electron chi connectivity index (χ1n) is 7.69. The van der Waals surface area contributed by atoms with Crippen LogP contribution in [0.5, 0.6) is 0 Å². The SMILES string of the molecule is C/C=C/CCC1CCC(c2ccc(C)c(F)c2F)CC1. The molecule has 0 aromatic heterocycles. The van der Waals surface area contributed by atoms with E-state index in [1.807, 2.05) is 6.92 Å². The van der Waals surface area contributed by atoms with Crippen LogP contribution in [0.4, 0.5) is 8.78 Å². The van der Waals surface area contributed by atoms with Crippen LogP contribution in [0.15, 0.2) is 24.3 Å². The van der Waals surface area contributed by atoms with E-state index >= 15 is 0 Å². The summed E-state index contributed by atoms with van der Waals surface area (Å²) in [7, 11) is 0. The highest BCUT2D eigenvalue weighted by Gasteiger charge is 2.25. The number of halogens is 2. The first-order chi connectivity index (χ1) is 9.63. The molecular weight excluding hydrogens is 254 g/mol. The van der Waals surface area contributed by atoms with E-state index in [1.165, 1.54) is 6.42 Å². The summed E-state index contributed by atoms with van der Waals surface area (Å²) in [5, 5.41) is 0. The smallest absolute Gasteiger partial charge is 0.162 e. The van der Waals surface area contributed by atoms with E-state index in [9.17, 15) is 8.78 Å². The molecule has 1 aliphatic carbocycles. The maximum atomic E-state index is 14.0. The lowest BCUT2D eigenvalue weighted by molar-refractivity contribution is 0.306. The van der Waals surface area contributed by atoms with Gasteiger partial charge in [-0.15, -0.1) is 0 Å². The van der Waals surface area contributed by atoms with Crippen LogP contribution < -0.4 is 0 Å². The van der Waals surface area contributed by atoms with E-state index in [1.54, 1.807) is 19.1 Å². The van der Waals surface area contributed by atoms with Gasteiger partial charge in [-0.1, -0.05) is 24.3 Å². The molecule has 0 N–H and O–H groups in total. The molecule has 1 aromatic carbocycles. The fourth-order valence-electron chi connectivity index (χ4n) is 3.24. The Morgan fingerprint density at radius 1 is 1.10 bits per heavy atom. The number of aryl methyl sites for hydroxylation is 1. The first kappa shape index (κ1) is 15.2. The third kappa shape index (κ3) is 3.47. The molecule has 0 radical (unpaired) electrons. The van der Waals surface area contributed by atoms with Crippen molar-refractivity contribution in [3.8, 4) is 0 Å². The second-order valence-corrected chi connectivity index (χ2v) is 5.96. The Bertz CT molecular complexity index is 469. The molecule has 0 heterocycles. The van der Waals surface area contributed by atoms with Crippen LogP contribution in [0.1, 0.15) is 62.5 Å². The summed E-state index contributed by atoms with van der Waals surface area (Å²) in [6.45, 7) is 3.66. The zero-order chi connectivity index (χ0) is 14.5. The Morgan fingerprint density at radius 3 is 2.45 bits per heavy atom. The molecule has 0 saturated heterocycles. The number of hydrogen-bond acceptors (Lipinski definition) is 0. The van der Waals surface area contributed by atoms with Gasteiger partial charge in [0, 0.05) is 0 Å². The van der Waals surface area contributed by atoms with Gasteiger partial charge in [-0.2, -0.15) is 0 Å². The van der Waals surface area contributed by atoms with Gasteiger partial charge in [-0.25, -0.2) is 8.78 Å². The molecule has 1 aromatic rings. The van der Waals surface area contributed by atoms with Gasteiger partial charge in [0.25, 0.3) is 0 Å². The van der Waals surface area contributed by atoms with E-state index in [0.29, 0.717) is 11.1 Å². The van der Waals surface area contributed by atoms with E-state index < -0.39 is 11.6 Å². The van der Waals surface area contributed by atoms with Crippen LogP contribution in [0.25, 0.3) is 0 Å². The summed E-state index contributed by atoms with van der Waals surface area (Å²) >= 11 is 0. The Hall–Kier alpha value is -1.18. The average Bonchev–Trinajstić information content (AvgIpc) is 2.46. The molecule has 0 nitrogen and oxygen atoms in total. The van der Waals surface area contributed by atoms with Crippen LogP contribution in [-0.4, -0.2) is 0 Å². The Morgan fingerprint density at radius 2 is 1.80 bits per heavy atom. The van der Waals surface area contributed by atoms with E-state index in [-0.39, 0.29) is 5.92 Å². The molecule has 2 heteroatoms. The van der Waals surface area contributed by atoms with Crippen LogP contribution in [0, 0.1) is 24.5 Å². The van der Waals surface area contributed by atoms with Gasteiger partial charge in [0.1, 0.15) is 0 Å². The van der Waals surface area contributed by atoms with Gasteiger partial charge in [0.2, 0.25) is 0 Å². The molecule has 20 heavy (non-hydrogen) atoms. The predicted molar refractivity (Wildman–Crippen MR) is 79.8 cm³/mol. The molecular formula is C18H24F2. The molecule has 0 bridgehead atoms. The summed E-state index contributed by atoms with van der Waals surface area (Å²) in [5.74, 6) is -0.344. The maximum absolute atomic E-state index is 14.0. The monoisotopic (exact) mass is 278 g/mol. The van der Waals surface area contributed by atoms with Gasteiger partial charge < -0.3 is 0 Å². The third-order valence-corrected chi connectivity index (χ3v) is 4.57. The molecule has 1 fully saturated rings. The second-order valence-electron chi connectivity index (χ2n) is 5.96. The van der Waals surface area contributed by atoms with Gasteiger partial charge in [0.05, 0.1) is 0 Å². The summed E-state index contributed by atoms with van der Waals surface area (Å²) in [4.78, 5) is 0. The molecule has 0 spiro atoms. The van der Waals surface area contributed by atoms with Crippen molar-refractivity contribution in [2.24, 2.45) is 5.92 Å². The van der Waals surface area contributed by atoms with Crippen molar-refractivity contribution in [3.63, 3.8) is 0 Å². The molecule has 110 valence electrons. The lowest BCUT2D eigenvalue weighted by Gasteiger charge is -2.29. The van der Waals surface area contributed by atoms with Gasteiger partial charge in [-0.05, 0) is 75.3 Å². The van der Waals surface area contributed by atoms with Crippen molar-refractivity contribution in [2.45, 2.75) is 58.3 Å². The summed E-state index contributed by atoms with van der Waals surface area (Å²) in [6, 6.07) is 3.48. The average molecular weight is 278 g/mol. The van der Waals surface area contributed by atoms with Crippen LogP contribution in [-0.2, 0) is 0 Å². The topological polar surface area (TPSA) is 0 Å². The van der Waals surface area contributed by atoms with Crippen molar-refractivity contribution in [1.82, 2.24) is 0 Å². The molecule has 1 aliphatic rings. The molecule has 0 amide bonds. The standard InChI is InChI=1S/C18H24F2/c1-3-4-5-6-14-8-10-15(11-9-14)16-12-7-13(2)17(19)18(16)20/h3-4,7,12,14-15H,5-6,8-11H2,1-2H3/b4-3+. The molecule has 1 saturated carbocycles. The number of rotatable bonds is 4. The number of allylic oxidation sites excluding steroid dienone is 2.